The van der Waals surface area contributed by atoms with Gasteiger partial charge in [-0.3, -0.25) is 0 Å². The van der Waals surface area contributed by atoms with Crippen molar-refractivity contribution in [3.8, 4) is 11.5 Å². The number of nitrogens with two attached hydrogens (primary N) is 1. The summed E-state index contributed by atoms with van der Waals surface area (Å²) in [6, 6.07) is 6.86. The van der Waals surface area contributed by atoms with E-state index in [1.54, 1.807) is 24.3 Å². The first kappa shape index (κ1) is 14.2. The van der Waals surface area contributed by atoms with Crippen molar-refractivity contribution in [1.82, 2.24) is 4.90 Å². The van der Waals surface area contributed by atoms with Gasteiger partial charge >= 0.3 is 0 Å². The SMILES string of the molecule is CN1CCC(C(CN)COc2ccc(O)cc2)CC1. The fourth-order valence-corrected chi connectivity index (χ4v) is 2.64. The molecule has 1 aromatic rings. The lowest BCUT2D eigenvalue weighted by Gasteiger charge is -2.33. The average molecular weight is 264 g/mol. The van der Waals surface area contributed by atoms with Gasteiger partial charge in [0.1, 0.15) is 11.5 Å². The summed E-state index contributed by atoms with van der Waals surface area (Å²) in [5.41, 5.74) is 5.89. The molecule has 106 valence electrons. The largest absolute Gasteiger partial charge is 0.508 e. The number of phenols is 1. The number of ether oxygens (including phenoxy) is 1. The molecule has 1 saturated heterocycles. The quantitative estimate of drug-likeness (QED) is 0.849. The third-order valence-corrected chi connectivity index (χ3v) is 4.03. The third-order valence-electron chi connectivity index (χ3n) is 4.03. The van der Waals surface area contributed by atoms with E-state index in [1.165, 1.54) is 12.8 Å². The molecule has 2 rings (SSSR count). The molecule has 0 aromatic heterocycles. The topological polar surface area (TPSA) is 58.7 Å². The number of hydrogen-bond donors (Lipinski definition) is 2. The standard InChI is InChI=1S/C15H24N2O2/c1-17-8-6-12(7-9-17)13(10-16)11-19-15-4-2-14(18)3-5-15/h2-5,12-13,18H,6-11,16H2,1H3. The number of nitrogens with zero attached hydrogens (tertiary/aromatic N) is 1. The minimum Gasteiger partial charge on any atom is -0.508 e. The summed E-state index contributed by atoms with van der Waals surface area (Å²) < 4.78 is 5.79. The molecule has 19 heavy (non-hydrogen) atoms. The van der Waals surface area contributed by atoms with Crippen molar-refractivity contribution in [2.45, 2.75) is 12.8 Å². The Labute approximate surface area is 115 Å². The average Bonchev–Trinajstić information content (AvgIpc) is 2.43. The maximum absolute atomic E-state index is 9.23. The summed E-state index contributed by atoms with van der Waals surface area (Å²) in [7, 11) is 2.17. The number of rotatable bonds is 5. The van der Waals surface area contributed by atoms with Gasteiger partial charge in [0.2, 0.25) is 0 Å². The predicted molar refractivity (Wildman–Crippen MR) is 76.4 cm³/mol. The third kappa shape index (κ3) is 4.11. The van der Waals surface area contributed by atoms with Gasteiger partial charge in [0.25, 0.3) is 0 Å². The number of phenolic OH excluding ortho intramolecular Hbond substituents is 1. The van der Waals surface area contributed by atoms with Gasteiger partial charge in [0.05, 0.1) is 6.61 Å². The van der Waals surface area contributed by atoms with Crippen LogP contribution in [0.1, 0.15) is 12.8 Å². The van der Waals surface area contributed by atoms with Gasteiger partial charge < -0.3 is 20.5 Å². The minimum absolute atomic E-state index is 0.262. The van der Waals surface area contributed by atoms with Crippen LogP contribution in [0.2, 0.25) is 0 Å². The van der Waals surface area contributed by atoms with Crippen LogP contribution in [0.3, 0.4) is 0 Å². The molecule has 1 heterocycles. The summed E-state index contributed by atoms with van der Waals surface area (Å²) >= 11 is 0. The Hall–Kier alpha value is -1.26. The van der Waals surface area contributed by atoms with Crippen LogP contribution < -0.4 is 10.5 Å². The molecule has 0 saturated carbocycles. The number of hydrogen-bond acceptors (Lipinski definition) is 4. The molecule has 1 aliphatic heterocycles. The normalized spacial score (nSPS) is 19.3. The Balaban J connectivity index is 1.83. The number of benzene rings is 1. The van der Waals surface area contributed by atoms with Gasteiger partial charge in [-0.15, -0.1) is 0 Å². The Morgan fingerprint density at radius 1 is 1.32 bits per heavy atom. The highest BCUT2D eigenvalue weighted by atomic mass is 16.5. The second kappa shape index (κ2) is 6.78. The Bertz CT molecular complexity index is 372. The van der Waals surface area contributed by atoms with Crippen LogP contribution >= 0.6 is 0 Å². The van der Waals surface area contributed by atoms with E-state index in [-0.39, 0.29) is 5.75 Å². The van der Waals surface area contributed by atoms with E-state index in [0.29, 0.717) is 25.0 Å². The van der Waals surface area contributed by atoms with Crippen molar-refractivity contribution in [1.29, 1.82) is 0 Å². The molecule has 1 atom stereocenters. The summed E-state index contributed by atoms with van der Waals surface area (Å²) in [5.74, 6) is 2.14. The second-order valence-corrected chi connectivity index (χ2v) is 5.44. The lowest BCUT2D eigenvalue weighted by molar-refractivity contribution is 0.132. The first-order chi connectivity index (χ1) is 9.19. The van der Waals surface area contributed by atoms with E-state index < -0.39 is 0 Å². The van der Waals surface area contributed by atoms with Crippen LogP contribution in [-0.2, 0) is 0 Å². The van der Waals surface area contributed by atoms with Crippen LogP contribution in [0.25, 0.3) is 0 Å². The number of likely N-dealkylation sites (tertiary alicyclic amines) is 1. The second-order valence-electron chi connectivity index (χ2n) is 5.44. The first-order valence-electron chi connectivity index (χ1n) is 6.99. The lowest BCUT2D eigenvalue weighted by Crippen LogP contribution is -2.37. The molecule has 3 N–H and O–H groups in total. The van der Waals surface area contributed by atoms with Gasteiger partial charge in [-0.1, -0.05) is 0 Å². The van der Waals surface area contributed by atoms with E-state index in [2.05, 4.69) is 11.9 Å². The Morgan fingerprint density at radius 3 is 2.53 bits per heavy atom. The van der Waals surface area contributed by atoms with E-state index in [9.17, 15) is 5.11 Å². The highest BCUT2D eigenvalue weighted by Crippen LogP contribution is 2.25. The summed E-state index contributed by atoms with van der Waals surface area (Å²) in [6.45, 7) is 3.64. The fourth-order valence-electron chi connectivity index (χ4n) is 2.64. The summed E-state index contributed by atoms with van der Waals surface area (Å²) in [4.78, 5) is 2.37. The molecular formula is C15H24N2O2. The van der Waals surface area contributed by atoms with Crippen LogP contribution in [0.4, 0.5) is 0 Å². The monoisotopic (exact) mass is 264 g/mol. The zero-order valence-electron chi connectivity index (χ0n) is 11.6. The highest BCUT2D eigenvalue weighted by molar-refractivity contribution is 5.30. The van der Waals surface area contributed by atoms with E-state index in [4.69, 9.17) is 10.5 Å². The smallest absolute Gasteiger partial charge is 0.119 e. The Kier molecular flexibility index (Phi) is 5.05. The molecule has 1 aromatic carbocycles. The van der Waals surface area contributed by atoms with Gasteiger partial charge in [-0.2, -0.15) is 0 Å². The summed E-state index contributed by atoms with van der Waals surface area (Å²) in [5, 5.41) is 9.23. The van der Waals surface area contributed by atoms with E-state index >= 15 is 0 Å². The van der Waals surface area contributed by atoms with Crippen molar-refractivity contribution in [2.75, 3.05) is 33.3 Å². The molecule has 0 aliphatic carbocycles. The first-order valence-corrected chi connectivity index (χ1v) is 6.99. The van der Waals surface area contributed by atoms with Crippen LogP contribution in [0, 0.1) is 11.8 Å². The number of aromatic hydroxyl groups is 1. The lowest BCUT2D eigenvalue weighted by atomic mass is 9.85. The van der Waals surface area contributed by atoms with Gasteiger partial charge in [0, 0.05) is 5.92 Å². The molecule has 0 radical (unpaired) electrons. The highest BCUT2D eigenvalue weighted by Gasteiger charge is 2.24. The molecule has 0 bridgehead atoms. The van der Waals surface area contributed by atoms with Crippen molar-refractivity contribution < 1.29 is 9.84 Å². The van der Waals surface area contributed by atoms with E-state index in [0.717, 1.165) is 18.8 Å². The molecule has 1 aliphatic rings. The predicted octanol–water partition coefficient (Wildman–Crippen LogP) is 1.69. The maximum Gasteiger partial charge on any atom is 0.119 e. The maximum atomic E-state index is 9.23. The number of piperidine rings is 1. The molecule has 1 unspecified atom stereocenters. The van der Waals surface area contributed by atoms with Crippen molar-refractivity contribution in [3.63, 3.8) is 0 Å². The van der Waals surface area contributed by atoms with Crippen LogP contribution in [0.5, 0.6) is 11.5 Å². The Morgan fingerprint density at radius 2 is 1.95 bits per heavy atom. The molecule has 0 amide bonds. The fraction of sp³-hybridized carbons (Fsp3) is 0.600. The van der Waals surface area contributed by atoms with Gasteiger partial charge in [-0.25, -0.2) is 0 Å². The van der Waals surface area contributed by atoms with Crippen molar-refractivity contribution in [2.24, 2.45) is 17.6 Å². The minimum atomic E-state index is 0.262. The zero-order valence-corrected chi connectivity index (χ0v) is 11.6. The molecular weight excluding hydrogens is 240 g/mol. The molecule has 1 fully saturated rings. The van der Waals surface area contributed by atoms with Crippen molar-refractivity contribution in [3.05, 3.63) is 24.3 Å². The van der Waals surface area contributed by atoms with Gasteiger partial charge in [-0.05, 0) is 69.7 Å². The zero-order chi connectivity index (χ0) is 13.7. The van der Waals surface area contributed by atoms with Crippen molar-refractivity contribution >= 4 is 0 Å². The van der Waals surface area contributed by atoms with Gasteiger partial charge in [0.15, 0.2) is 0 Å². The molecule has 0 spiro atoms. The molecule has 4 nitrogen and oxygen atoms in total. The molecule has 4 heteroatoms. The van der Waals surface area contributed by atoms with Crippen LogP contribution in [0.15, 0.2) is 24.3 Å². The van der Waals surface area contributed by atoms with E-state index in [1.807, 2.05) is 0 Å². The summed E-state index contributed by atoms with van der Waals surface area (Å²) in [6.07, 6.45) is 2.41. The van der Waals surface area contributed by atoms with Crippen LogP contribution in [-0.4, -0.2) is 43.3 Å².